The Morgan fingerprint density at radius 1 is 1.35 bits per heavy atom. The smallest absolute Gasteiger partial charge is 0.237 e. The minimum Gasteiger partial charge on any atom is -0.355 e. The van der Waals surface area contributed by atoms with Crippen LogP contribution in [0.1, 0.15) is 32.3 Å². The van der Waals surface area contributed by atoms with E-state index in [1.165, 1.54) is 5.56 Å². The van der Waals surface area contributed by atoms with Gasteiger partial charge in [0.05, 0.1) is 6.04 Å². The van der Waals surface area contributed by atoms with Gasteiger partial charge in [0.25, 0.3) is 0 Å². The molecule has 20 heavy (non-hydrogen) atoms. The van der Waals surface area contributed by atoms with Gasteiger partial charge in [-0.15, -0.1) is 0 Å². The van der Waals surface area contributed by atoms with E-state index in [-0.39, 0.29) is 11.9 Å². The lowest BCUT2D eigenvalue weighted by molar-refractivity contribution is -0.126. The summed E-state index contributed by atoms with van der Waals surface area (Å²) in [5, 5.41) is 2.96. The van der Waals surface area contributed by atoms with Crippen molar-refractivity contribution in [1.29, 1.82) is 0 Å². The molecule has 0 fully saturated rings. The molecule has 0 spiro atoms. The first-order valence-electron chi connectivity index (χ1n) is 7.44. The van der Waals surface area contributed by atoms with Crippen molar-refractivity contribution in [1.82, 2.24) is 10.2 Å². The summed E-state index contributed by atoms with van der Waals surface area (Å²) in [5.41, 5.74) is 6.82. The monoisotopic (exact) mass is 277 g/mol. The van der Waals surface area contributed by atoms with Gasteiger partial charge in [0.15, 0.2) is 0 Å². The second-order valence-corrected chi connectivity index (χ2v) is 5.07. The van der Waals surface area contributed by atoms with Crippen molar-refractivity contribution >= 4 is 5.91 Å². The highest BCUT2D eigenvalue weighted by Gasteiger charge is 2.20. The summed E-state index contributed by atoms with van der Waals surface area (Å²) in [6.45, 7) is 7.02. The van der Waals surface area contributed by atoms with E-state index >= 15 is 0 Å². The minimum atomic E-state index is -0.131. The van der Waals surface area contributed by atoms with Gasteiger partial charge in [-0.05, 0) is 31.9 Å². The summed E-state index contributed by atoms with van der Waals surface area (Å²) >= 11 is 0. The number of benzene rings is 1. The van der Waals surface area contributed by atoms with Crippen molar-refractivity contribution in [2.75, 3.05) is 19.6 Å². The number of nitrogens with zero attached hydrogens (tertiary/aromatic N) is 1. The van der Waals surface area contributed by atoms with Crippen LogP contribution in [0.25, 0.3) is 0 Å². The van der Waals surface area contributed by atoms with Gasteiger partial charge >= 0.3 is 0 Å². The lowest BCUT2D eigenvalue weighted by Crippen LogP contribution is -2.45. The van der Waals surface area contributed by atoms with Crippen LogP contribution in [-0.4, -0.2) is 36.5 Å². The molecule has 4 nitrogen and oxygen atoms in total. The first kappa shape index (κ1) is 16.7. The molecule has 0 aliphatic heterocycles. The van der Waals surface area contributed by atoms with Gasteiger partial charge in [0.2, 0.25) is 5.91 Å². The maximum atomic E-state index is 12.1. The third-order valence-electron chi connectivity index (χ3n) is 3.35. The Morgan fingerprint density at radius 3 is 2.65 bits per heavy atom. The SMILES string of the molecule is CCCNC(=O)C(C)N(CCCN)Cc1ccccc1. The van der Waals surface area contributed by atoms with Crippen LogP contribution in [0.2, 0.25) is 0 Å². The van der Waals surface area contributed by atoms with Crippen molar-refractivity contribution in [3.8, 4) is 0 Å². The maximum absolute atomic E-state index is 12.1. The van der Waals surface area contributed by atoms with E-state index in [2.05, 4.69) is 29.3 Å². The largest absolute Gasteiger partial charge is 0.355 e. The van der Waals surface area contributed by atoms with Gasteiger partial charge in [-0.3, -0.25) is 9.69 Å². The van der Waals surface area contributed by atoms with Crippen LogP contribution >= 0.6 is 0 Å². The molecule has 1 atom stereocenters. The van der Waals surface area contributed by atoms with E-state index in [1.807, 2.05) is 25.1 Å². The average molecular weight is 277 g/mol. The predicted octanol–water partition coefficient (Wildman–Crippen LogP) is 1.75. The normalized spacial score (nSPS) is 12.4. The molecule has 1 amide bonds. The Morgan fingerprint density at radius 2 is 2.05 bits per heavy atom. The zero-order valence-corrected chi connectivity index (χ0v) is 12.6. The van der Waals surface area contributed by atoms with E-state index in [0.29, 0.717) is 6.54 Å². The fourth-order valence-corrected chi connectivity index (χ4v) is 2.08. The minimum absolute atomic E-state index is 0.0970. The number of amides is 1. The van der Waals surface area contributed by atoms with Crippen LogP contribution in [0.3, 0.4) is 0 Å². The van der Waals surface area contributed by atoms with Crippen LogP contribution < -0.4 is 11.1 Å². The standard InChI is InChI=1S/C16H27N3O/c1-3-11-18-16(20)14(2)19(12-7-10-17)13-15-8-5-4-6-9-15/h4-6,8-9,14H,3,7,10-13,17H2,1-2H3,(H,18,20). The number of rotatable bonds is 9. The molecule has 0 aliphatic rings. The van der Waals surface area contributed by atoms with Gasteiger partial charge in [0, 0.05) is 19.6 Å². The molecule has 0 aromatic heterocycles. The Kier molecular flexibility index (Phi) is 7.92. The summed E-state index contributed by atoms with van der Waals surface area (Å²) in [4.78, 5) is 14.3. The van der Waals surface area contributed by atoms with Crippen LogP contribution in [0, 0.1) is 0 Å². The van der Waals surface area contributed by atoms with E-state index in [4.69, 9.17) is 5.73 Å². The second-order valence-electron chi connectivity index (χ2n) is 5.07. The first-order valence-corrected chi connectivity index (χ1v) is 7.44. The maximum Gasteiger partial charge on any atom is 0.237 e. The number of nitrogens with one attached hydrogen (secondary N) is 1. The lowest BCUT2D eigenvalue weighted by Gasteiger charge is -2.28. The molecular formula is C16H27N3O. The van der Waals surface area contributed by atoms with Crippen molar-refractivity contribution in [3.63, 3.8) is 0 Å². The number of hydrogen-bond acceptors (Lipinski definition) is 3. The molecule has 4 heteroatoms. The molecule has 1 unspecified atom stereocenters. The molecule has 1 aromatic carbocycles. The molecule has 0 saturated carbocycles. The molecule has 1 rings (SSSR count). The van der Waals surface area contributed by atoms with Gasteiger partial charge in [-0.2, -0.15) is 0 Å². The van der Waals surface area contributed by atoms with Crippen molar-refractivity contribution < 1.29 is 4.79 Å². The zero-order valence-electron chi connectivity index (χ0n) is 12.6. The predicted molar refractivity (Wildman–Crippen MR) is 83.3 cm³/mol. The second kappa shape index (κ2) is 9.50. The summed E-state index contributed by atoms with van der Waals surface area (Å²) < 4.78 is 0. The van der Waals surface area contributed by atoms with Crippen LogP contribution in [-0.2, 0) is 11.3 Å². The summed E-state index contributed by atoms with van der Waals surface area (Å²) in [7, 11) is 0. The summed E-state index contributed by atoms with van der Waals surface area (Å²) in [5.74, 6) is 0.0970. The van der Waals surface area contributed by atoms with Gasteiger partial charge in [-0.25, -0.2) is 0 Å². The third-order valence-corrected chi connectivity index (χ3v) is 3.35. The van der Waals surface area contributed by atoms with Gasteiger partial charge < -0.3 is 11.1 Å². The molecule has 0 bridgehead atoms. The van der Waals surface area contributed by atoms with Gasteiger partial charge in [0.1, 0.15) is 0 Å². The van der Waals surface area contributed by atoms with E-state index in [0.717, 1.165) is 32.5 Å². The molecule has 0 saturated heterocycles. The quantitative estimate of drug-likeness (QED) is 0.723. The molecule has 112 valence electrons. The fraction of sp³-hybridized carbons (Fsp3) is 0.562. The highest BCUT2D eigenvalue weighted by molar-refractivity contribution is 5.81. The Labute approximate surface area is 122 Å². The Bertz CT molecular complexity index is 381. The first-order chi connectivity index (χ1) is 9.69. The van der Waals surface area contributed by atoms with E-state index in [9.17, 15) is 4.79 Å². The highest BCUT2D eigenvalue weighted by atomic mass is 16.2. The zero-order chi connectivity index (χ0) is 14.8. The number of carbonyl (C=O) groups excluding carboxylic acids is 1. The van der Waals surface area contributed by atoms with Crippen LogP contribution in [0.15, 0.2) is 30.3 Å². The molecule has 0 radical (unpaired) electrons. The van der Waals surface area contributed by atoms with Crippen molar-refractivity contribution in [3.05, 3.63) is 35.9 Å². The van der Waals surface area contributed by atoms with E-state index in [1.54, 1.807) is 0 Å². The molecule has 1 aromatic rings. The average Bonchev–Trinajstić information content (AvgIpc) is 2.49. The molecular weight excluding hydrogens is 250 g/mol. The topological polar surface area (TPSA) is 58.4 Å². The summed E-state index contributed by atoms with van der Waals surface area (Å²) in [6.07, 6.45) is 1.86. The molecule has 0 aliphatic carbocycles. The highest BCUT2D eigenvalue weighted by Crippen LogP contribution is 2.09. The molecule has 0 heterocycles. The Hall–Kier alpha value is -1.39. The molecule has 3 N–H and O–H groups in total. The number of carbonyl (C=O) groups is 1. The number of nitrogens with two attached hydrogens (primary N) is 1. The fourth-order valence-electron chi connectivity index (χ4n) is 2.08. The van der Waals surface area contributed by atoms with Crippen molar-refractivity contribution in [2.24, 2.45) is 5.73 Å². The van der Waals surface area contributed by atoms with E-state index < -0.39 is 0 Å². The van der Waals surface area contributed by atoms with Crippen LogP contribution in [0.5, 0.6) is 0 Å². The Balaban J connectivity index is 2.64. The van der Waals surface area contributed by atoms with Crippen LogP contribution in [0.4, 0.5) is 0 Å². The van der Waals surface area contributed by atoms with Crippen molar-refractivity contribution in [2.45, 2.75) is 39.3 Å². The summed E-state index contributed by atoms with van der Waals surface area (Å²) in [6, 6.07) is 10.1. The third kappa shape index (κ3) is 5.72. The lowest BCUT2D eigenvalue weighted by atomic mass is 10.1. The number of hydrogen-bond donors (Lipinski definition) is 2. The van der Waals surface area contributed by atoms with Gasteiger partial charge in [-0.1, -0.05) is 37.3 Å².